The van der Waals surface area contributed by atoms with Gasteiger partial charge in [0.05, 0.1) is 0 Å². The van der Waals surface area contributed by atoms with Gasteiger partial charge in [-0.15, -0.1) is 0 Å². The summed E-state index contributed by atoms with van der Waals surface area (Å²) in [5, 5.41) is 0. The second-order valence-corrected chi connectivity index (χ2v) is 22.3. The van der Waals surface area contributed by atoms with E-state index in [0.29, 0.717) is 19.3 Å². The van der Waals surface area contributed by atoms with Crippen LogP contribution in [-0.2, 0) is 28.6 Å². The summed E-state index contributed by atoms with van der Waals surface area (Å²) in [6, 6.07) is 0. The molecule has 0 aliphatic rings. The average Bonchev–Trinajstić information content (AvgIpc) is 3.47. The molecule has 1 atom stereocenters. The molecule has 0 fully saturated rings. The maximum absolute atomic E-state index is 13.0. The number of hydrogen-bond donors (Lipinski definition) is 0. The van der Waals surface area contributed by atoms with Crippen LogP contribution in [0.3, 0.4) is 0 Å². The maximum atomic E-state index is 13.0. The van der Waals surface area contributed by atoms with Crippen molar-refractivity contribution in [1.82, 2.24) is 0 Å². The SMILES string of the molecule is CC/C=C\C/C=C\C/C=C\C/C=C\C/C=C\CCCCCCCCCCCC(=O)OCC(COC(=O)CCCCCCCCC/C=C\C/C=C\CCCCCC)OC(=O)CCCCCCCCCC/C=C\C/C=C\C/C=C\C/C=C\CC. The molecular weight excluding hydrogens is 1010 g/mol. The summed E-state index contributed by atoms with van der Waals surface area (Å²) in [6.07, 6.45) is 97.4. The third-order valence-electron chi connectivity index (χ3n) is 14.4. The Labute approximate surface area is 506 Å². The van der Waals surface area contributed by atoms with Crippen molar-refractivity contribution in [2.24, 2.45) is 0 Å². The summed E-state index contributed by atoms with van der Waals surface area (Å²) in [6.45, 7) is 6.40. The molecule has 0 aliphatic heterocycles. The highest BCUT2D eigenvalue weighted by molar-refractivity contribution is 5.71. The van der Waals surface area contributed by atoms with Crippen LogP contribution in [0.2, 0.25) is 0 Å². The van der Waals surface area contributed by atoms with Crippen LogP contribution in [0, 0.1) is 0 Å². The predicted octanol–water partition coefficient (Wildman–Crippen LogP) is 23.7. The van der Waals surface area contributed by atoms with Gasteiger partial charge < -0.3 is 14.2 Å². The number of rotatable bonds is 61. The van der Waals surface area contributed by atoms with Crippen molar-refractivity contribution in [2.45, 2.75) is 316 Å². The molecule has 0 spiro atoms. The Bertz CT molecular complexity index is 1730. The van der Waals surface area contributed by atoms with Gasteiger partial charge in [0.15, 0.2) is 6.10 Å². The molecule has 0 amide bonds. The molecule has 0 N–H and O–H groups in total. The third-order valence-corrected chi connectivity index (χ3v) is 14.4. The van der Waals surface area contributed by atoms with Crippen LogP contribution in [0.1, 0.15) is 310 Å². The lowest BCUT2D eigenvalue weighted by Gasteiger charge is -2.18. The normalized spacial score (nSPS) is 13.0. The molecule has 0 aromatic rings. The molecule has 466 valence electrons. The summed E-state index contributed by atoms with van der Waals surface area (Å²) in [5.74, 6) is -0.904. The van der Waals surface area contributed by atoms with E-state index in [2.05, 4.69) is 154 Å². The highest BCUT2D eigenvalue weighted by Gasteiger charge is 2.19. The minimum absolute atomic E-state index is 0.0900. The molecule has 0 saturated heterocycles. The van der Waals surface area contributed by atoms with Gasteiger partial charge in [-0.05, 0) is 135 Å². The molecule has 0 saturated carbocycles. The second kappa shape index (κ2) is 69.0. The first-order chi connectivity index (χ1) is 40.5. The average molecular weight is 1140 g/mol. The number of carbonyl (C=O) groups is 3. The Morgan fingerprint density at radius 1 is 0.256 bits per heavy atom. The fourth-order valence-corrected chi connectivity index (χ4v) is 9.32. The van der Waals surface area contributed by atoms with E-state index in [1.807, 2.05) is 0 Å². The van der Waals surface area contributed by atoms with Crippen molar-refractivity contribution in [2.75, 3.05) is 13.2 Å². The van der Waals surface area contributed by atoms with E-state index >= 15 is 0 Å². The Balaban J connectivity index is 4.42. The smallest absolute Gasteiger partial charge is 0.306 e. The van der Waals surface area contributed by atoms with Crippen molar-refractivity contribution < 1.29 is 28.6 Å². The monoisotopic (exact) mass is 1130 g/mol. The molecule has 6 nitrogen and oxygen atoms in total. The van der Waals surface area contributed by atoms with Crippen molar-refractivity contribution in [1.29, 1.82) is 0 Å². The van der Waals surface area contributed by atoms with E-state index in [0.717, 1.165) is 141 Å². The Kier molecular flexibility index (Phi) is 65.3. The van der Waals surface area contributed by atoms with Gasteiger partial charge >= 0.3 is 17.9 Å². The summed E-state index contributed by atoms with van der Waals surface area (Å²) in [7, 11) is 0. The van der Waals surface area contributed by atoms with Gasteiger partial charge in [0.1, 0.15) is 13.2 Å². The van der Waals surface area contributed by atoms with Gasteiger partial charge in [0.2, 0.25) is 0 Å². The first-order valence-electron chi connectivity index (χ1n) is 34.2. The molecule has 0 aromatic heterocycles. The van der Waals surface area contributed by atoms with Crippen LogP contribution in [-0.4, -0.2) is 37.2 Å². The molecule has 0 heterocycles. The number of allylic oxidation sites excluding steroid dienone is 22. The number of unbranched alkanes of at least 4 members (excludes halogenated alkanes) is 28. The van der Waals surface area contributed by atoms with E-state index in [-0.39, 0.29) is 31.1 Å². The van der Waals surface area contributed by atoms with Crippen LogP contribution >= 0.6 is 0 Å². The first kappa shape index (κ1) is 77.5. The van der Waals surface area contributed by atoms with Crippen LogP contribution in [0.5, 0.6) is 0 Å². The van der Waals surface area contributed by atoms with Gasteiger partial charge in [0, 0.05) is 19.3 Å². The number of hydrogen-bond acceptors (Lipinski definition) is 6. The van der Waals surface area contributed by atoms with Crippen LogP contribution in [0.25, 0.3) is 0 Å². The zero-order chi connectivity index (χ0) is 59.2. The van der Waals surface area contributed by atoms with Crippen molar-refractivity contribution >= 4 is 17.9 Å². The van der Waals surface area contributed by atoms with Gasteiger partial charge in [-0.1, -0.05) is 289 Å². The lowest BCUT2D eigenvalue weighted by Crippen LogP contribution is -2.30. The molecule has 82 heavy (non-hydrogen) atoms. The molecule has 0 aromatic carbocycles. The molecule has 0 radical (unpaired) electrons. The summed E-state index contributed by atoms with van der Waals surface area (Å²) in [5.41, 5.74) is 0. The Hall–Kier alpha value is -4.45. The van der Waals surface area contributed by atoms with Crippen LogP contribution < -0.4 is 0 Å². The number of ether oxygens (including phenoxy) is 3. The Morgan fingerprint density at radius 3 is 0.744 bits per heavy atom. The van der Waals surface area contributed by atoms with E-state index in [9.17, 15) is 14.4 Å². The fraction of sp³-hybridized carbons (Fsp3) is 0.671. The Morgan fingerprint density at radius 2 is 0.476 bits per heavy atom. The summed E-state index contributed by atoms with van der Waals surface area (Å²) < 4.78 is 17.0. The van der Waals surface area contributed by atoms with Crippen molar-refractivity contribution in [3.05, 3.63) is 134 Å². The molecular formula is C76H126O6. The van der Waals surface area contributed by atoms with Gasteiger partial charge in [0.25, 0.3) is 0 Å². The largest absolute Gasteiger partial charge is 0.462 e. The summed E-state index contributed by atoms with van der Waals surface area (Å²) in [4.78, 5) is 38.5. The highest BCUT2D eigenvalue weighted by atomic mass is 16.6. The molecule has 6 heteroatoms. The first-order valence-corrected chi connectivity index (χ1v) is 34.2. The lowest BCUT2D eigenvalue weighted by molar-refractivity contribution is -0.167. The minimum Gasteiger partial charge on any atom is -0.462 e. The van der Waals surface area contributed by atoms with Crippen molar-refractivity contribution in [3.63, 3.8) is 0 Å². The topological polar surface area (TPSA) is 78.9 Å². The van der Waals surface area contributed by atoms with Gasteiger partial charge in [-0.3, -0.25) is 14.4 Å². The van der Waals surface area contributed by atoms with Gasteiger partial charge in [-0.25, -0.2) is 0 Å². The predicted molar refractivity (Wildman–Crippen MR) is 357 cm³/mol. The van der Waals surface area contributed by atoms with Gasteiger partial charge in [-0.2, -0.15) is 0 Å². The van der Waals surface area contributed by atoms with E-state index in [1.165, 1.54) is 128 Å². The highest BCUT2D eigenvalue weighted by Crippen LogP contribution is 2.16. The minimum atomic E-state index is -0.796. The zero-order valence-electron chi connectivity index (χ0n) is 53.5. The van der Waals surface area contributed by atoms with Crippen LogP contribution in [0.15, 0.2) is 134 Å². The van der Waals surface area contributed by atoms with E-state index in [1.54, 1.807) is 0 Å². The number of esters is 3. The summed E-state index contributed by atoms with van der Waals surface area (Å²) >= 11 is 0. The zero-order valence-corrected chi connectivity index (χ0v) is 53.5. The standard InChI is InChI=1S/C76H126O6/c1-4-7-10-13-16-19-22-25-28-31-34-36-37-38-39-41-42-45-48-51-54-57-60-63-66-69-75(78)81-72-73(71-80-74(77)68-65-62-59-56-53-50-47-44-33-30-27-24-21-18-15-12-9-6-3)82-76(79)70-67-64-61-58-55-52-49-46-43-40-35-32-29-26-23-20-17-14-11-8-5-2/h7-8,10-11,16-17,19-21,24-26,28-30,33-36,38-40,73H,4-6,9,12-15,18,22-23,27,31-32,37,41-72H2,1-3H3/b10-7-,11-8-,19-16-,20-17-,24-21-,28-25-,29-26-,33-30-,36-34-,39-38-,40-35-. The maximum Gasteiger partial charge on any atom is 0.306 e. The molecule has 0 bridgehead atoms. The number of carbonyl (C=O) groups excluding carboxylic acids is 3. The second-order valence-electron chi connectivity index (χ2n) is 22.3. The molecule has 0 rings (SSSR count). The molecule has 1 unspecified atom stereocenters. The fourth-order valence-electron chi connectivity index (χ4n) is 9.32. The lowest BCUT2D eigenvalue weighted by atomic mass is 10.1. The third kappa shape index (κ3) is 66.4. The van der Waals surface area contributed by atoms with E-state index in [4.69, 9.17) is 14.2 Å². The van der Waals surface area contributed by atoms with Crippen molar-refractivity contribution in [3.8, 4) is 0 Å². The molecule has 0 aliphatic carbocycles. The van der Waals surface area contributed by atoms with E-state index < -0.39 is 6.10 Å². The van der Waals surface area contributed by atoms with Crippen LogP contribution in [0.4, 0.5) is 0 Å². The quantitative estimate of drug-likeness (QED) is 0.0261.